The highest BCUT2D eigenvalue weighted by Gasteiger charge is 2.53. The van der Waals surface area contributed by atoms with Crippen molar-refractivity contribution in [1.82, 2.24) is 0 Å². The SMILES string of the molecule is CC(C)(C)c1ccc(C2(O)CC[C@H]3C[C@@H]2CCC3(O)c2ccc(C(C)(C)C)cc2)cc1. The highest BCUT2D eigenvalue weighted by Crippen LogP contribution is 2.56. The summed E-state index contributed by atoms with van der Waals surface area (Å²) < 4.78 is 0. The smallest absolute Gasteiger partial charge is 0.0924 e. The van der Waals surface area contributed by atoms with Crippen molar-refractivity contribution in [3.8, 4) is 0 Å². The maximum atomic E-state index is 11.7. The minimum atomic E-state index is -0.773. The zero-order valence-corrected chi connectivity index (χ0v) is 20.2. The van der Waals surface area contributed by atoms with E-state index in [1.165, 1.54) is 11.1 Å². The molecule has 4 atom stereocenters. The van der Waals surface area contributed by atoms with Gasteiger partial charge in [-0.15, -0.1) is 0 Å². The van der Waals surface area contributed by atoms with Gasteiger partial charge in [0, 0.05) is 0 Å². The minimum Gasteiger partial charge on any atom is -0.385 e. The van der Waals surface area contributed by atoms with E-state index in [9.17, 15) is 10.2 Å². The van der Waals surface area contributed by atoms with Gasteiger partial charge in [-0.3, -0.25) is 0 Å². The van der Waals surface area contributed by atoms with E-state index in [-0.39, 0.29) is 22.7 Å². The van der Waals surface area contributed by atoms with E-state index in [4.69, 9.17) is 0 Å². The van der Waals surface area contributed by atoms with Crippen LogP contribution in [0.25, 0.3) is 0 Å². The molecule has 0 radical (unpaired) electrons. The molecular weight excluding hydrogens is 380 g/mol. The van der Waals surface area contributed by atoms with Gasteiger partial charge >= 0.3 is 0 Å². The zero-order valence-electron chi connectivity index (χ0n) is 20.2. The topological polar surface area (TPSA) is 40.5 Å². The quantitative estimate of drug-likeness (QED) is 0.577. The first kappa shape index (κ1) is 22.6. The molecule has 2 unspecified atom stereocenters. The van der Waals surface area contributed by atoms with Crippen molar-refractivity contribution >= 4 is 0 Å². The van der Waals surface area contributed by atoms with Crippen molar-refractivity contribution < 1.29 is 10.2 Å². The molecule has 2 heteroatoms. The lowest BCUT2D eigenvalue weighted by Crippen LogP contribution is -2.51. The highest BCUT2D eigenvalue weighted by atomic mass is 16.3. The lowest BCUT2D eigenvalue weighted by atomic mass is 9.56. The van der Waals surface area contributed by atoms with Crippen molar-refractivity contribution in [3.63, 3.8) is 0 Å². The Morgan fingerprint density at radius 2 is 0.935 bits per heavy atom. The molecule has 2 fully saturated rings. The van der Waals surface area contributed by atoms with Gasteiger partial charge in [-0.2, -0.15) is 0 Å². The van der Waals surface area contributed by atoms with Crippen LogP contribution in [0.1, 0.15) is 95.9 Å². The summed E-state index contributed by atoms with van der Waals surface area (Å²) in [6, 6.07) is 17.2. The third-order valence-corrected chi connectivity index (χ3v) is 8.17. The van der Waals surface area contributed by atoms with Crippen molar-refractivity contribution in [2.75, 3.05) is 0 Å². The lowest BCUT2D eigenvalue weighted by molar-refractivity contribution is -0.155. The Balaban J connectivity index is 1.55. The Morgan fingerprint density at radius 3 is 1.23 bits per heavy atom. The summed E-state index contributed by atoms with van der Waals surface area (Å²) in [5.41, 5.74) is 3.36. The average molecular weight is 421 g/mol. The summed E-state index contributed by atoms with van der Waals surface area (Å²) in [7, 11) is 0. The number of hydrogen-bond donors (Lipinski definition) is 2. The molecule has 2 nitrogen and oxygen atoms in total. The molecule has 2 N–H and O–H groups in total. The fraction of sp³-hybridized carbons (Fsp3) is 0.586. The summed E-state index contributed by atoms with van der Waals surface area (Å²) in [6.45, 7) is 13.3. The monoisotopic (exact) mass is 420 g/mol. The van der Waals surface area contributed by atoms with Crippen LogP contribution in [0.2, 0.25) is 0 Å². The molecule has 2 aliphatic carbocycles. The number of fused-ring (bicyclic) bond motifs is 2. The predicted octanol–water partition coefficient (Wildman–Crippen LogP) is 6.57. The van der Waals surface area contributed by atoms with Crippen LogP contribution in [-0.2, 0) is 22.0 Å². The first-order valence-corrected chi connectivity index (χ1v) is 12.0. The molecule has 0 aliphatic heterocycles. The highest BCUT2D eigenvalue weighted by molar-refractivity contribution is 5.35. The van der Waals surface area contributed by atoms with E-state index >= 15 is 0 Å². The second-order valence-electron chi connectivity index (χ2n) is 12.2. The number of rotatable bonds is 2. The number of benzene rings is 2. The fourth-order valence-electron chi connectivity index (χ4n) is 5.92. The van der Waals surface area contributed by atoms with Crippen LogP contribution in [0.15, 0.2) is 48.5 Å². The largest absolute Gasteiger partial charge is 0.385 e. The van der Waals surface area contributed by atoms with Gasteiger partial charge in [-0.05, 0) is 77.0 Å². The van der Waals surface area contributed by atoms with E-state index in [1.54, 1.807) is 0 Å². The molecule has 2 aromatic carbocycles. The van der Waals surface area contributed by atoms with Crippen LogP contribution in [0.4, 0.5) is 0 Å². The van der Waals surface area contributed by atoms with Crippen LogP contribution in [0, 0.1) is 11.8 Å². The normalized spacial score (nSPS) is 31.5. The summed E-state index contributed by atoms with van der Waals surface area (Å²) >= 11 is 0. The first-order chi connectivity index (χ1) is 14.3. The van der Waals surface area contributed by atoms with Gasteiger partial charge in [0.2, 0.25) is 0 Å². The molecule has 4 rings (SSSR count). The van der Waals surface area contributed by atoms with Crippen LogP contribution >= 0.6 is 0 Å². The van der Waals surface area contributed by atoms with Crippen molar-refractivity contribution in [1.29, 1.82) is 0 Å². The zero-order chi connectivity index (χ0) is 22.7. The molecule has 0 spiro atoms. The Labute approximate surface area is 188 Å². The maximum absolute atomic E-state index is 11.7. The van der Waals surface area contributed by atoms with Crippen LogP contribution in [0.5, 0.6) is 0 Å². The maximum Gasteiger partial charge on any atom is 0.0924 e. The summed E-state index contributed by atoms with van der Waals surface area (Å²) in [6.07, 6.45) is 4.03. The molecule has 2 saturated carbocycles. The second kappa shape index (κ2) is 7.46. The van der Waals surface area contributed by atoms with Crippen LogP contribution in [-0.4, -0.2) is 10.2 Å². The minimum absolute atomic E-state index is 0.114. The van der Waals surface area contributed by atoms with Gasteiger partial charge in [0.15, 0.2) is 0 Å². The van der Waals surface area contributed by atoms with Gasteiger partial charge in [0.25, 0.3) is 0 Å². The van der Waals surface area contributed by atoms with Gasteiger partial charge in [-0.25, -0.2) is 0 Å². The van der Waals surface area contributed by atoms with E-state index in [0.717, 1.165) is 43.2 Å². The molecule has 31 heavy (non-hydrogen) atoms. The molecule has 2 aliphatic rings. The van der Waals surface area contributed by atoms with Crippen LogP contribution < -0.4 is 0 Å². The summed E-state index contributed by atoms with van der Waals surface area (Å²) in [5, 5.41) is 23.5. The van der Waals surface area contributed by atoms with Gasteiger partial charge < -0.3 is 10.2 Å². The standard InChI is InChI=1S/C29H40O2/c1-26(2,3)20-7-11-22(12-8-20)28(30)17-15-25-19-24(28)16-18-29(25,31)23-13-9-21(10-14-23)27(4,5)6/h7-14,24-25,30-31H,15-19H2,1-6H3/t24-,25-,28?,29?/m0/s1. The Kier molecular flexibility index (Phi) is 5.42. The Morgan fingerprint density at radius 1 is 0.613 bits per heavy atom. The van der Waals surface area contributed by atoms with E-state index in [0.29, 0.717) is 0 Å². The van der Waals surface area contributed by atoms with Crippen molar-refractivity contribution in [2.24, 2.45) is 11.8 Å². The molecule has 168 valence electrons. The molecule has 0 aromatic heterocycles. The predicted molar refractivity (Wildman–Crippen MR) is 128 cm³/mol. The van der Waals surface area contributed by atoms with Gasteiger partial charge in [0.05, 0.1) is 11.2 Å². The van der Waals surface area contributed by atoms with E-state index in [2.05, 4.69) is 90.1 Å². The average Bonchev–Trinajstić information content (AvgIpc) is 2.72. The Bertz CT molecular complexity index is 836. The molecule has 2 aromatic rings. The third-order valence-electron chi connectivity index (χ3n) is 8.17. The van der Waals surface area contributed by atoms with Gasteiger partial charge in [0.1, 0.15) is 0 Å². The molecule has 0 amide bonds. The van der Waals surface area contributed by atoms with Gasteiger partial charge in [-0.1, -0.05) is 90.1 Å². The fourth-order valence-corrected chi connectivity index (χ4v) is 5.92. The molecule has 0 heterocycles. The number of hydrogen-bond acceptors (Lipinski definition) is 2. The molecular formula is C29H40O2. The Hall–Kier alpha value is -1.64. The van der Waals surface area contributed by atoms with Crippen molar-refractivity contribution in [2.45, 2.75) is 95.7 Å². The van der Waals surface area contributed by atoms with E-state index < -0.39 is 11.2 Å². The molecule has 0 saturated heterocycles. The van der Waals surface area contributed by atoms with Crippen LogP contribution in [0.3, 0.4) is 0 Å². The first-order valence-electron chi connectivity index (χ1n) is 12.0. The van der Waals surface area contributed by atoms with Crippen molar-refractivity contribution in [3.05, 3.63) is 70.8 Å². The second-order valence-corrected chi connectivity index (χ2v) is 12.2. The summed E-state index contributed by atoms with van der Waals surface area (Å²) in [4.78, 5) is 0. The third kappa shape index (κ3) is 3.98. The lowest BCUT2D eigenvalue weighted by Gasteiger charge is -2.53. The van der Waals surface area contributed by atoms with E-state index in [1.807, 2.05) is 0 Å². The number of aliphatic hydroxyl groups is 2. The summed E-state index contributed by atoms with van der Waals surface area (Å²) in [5.74, 6) is 0.418. The molecule has 2 bridgehead atoms.